The minimum Gasteiger partial charge on any atom is -0.482 e. The van der Waals surface area contributed by atoms with Crippen LogP contribution in [0.2, 0.25) is 0 Å². The summed E-state index contributed by atoms with van der Waals surface area (Å²) in [6.45, 7) is 3.19. The van der Waals surface area contributed by atoms with Crippen LogP contribution in [0.5, 0.6) is 5.06 Å². The van der Waals surface area contributed by atoms with Gasteiger partial charge >= 0.3 is 0 Å². The van der Waals surface area contributed by atoms with Crippen LogP contribution in [0.15, 0.2) is 10.5 Å². The minimum absolute atomic E-state index is 0.559. The van der Waals surface area contributed by atoms with Crippen molar-refractivity contribution >= 4 is 27.3 Å². The van der Waals surface area contributed by atoms with E-state index in [2.05, 4.69) is 15.9 Å². The molecule has 0 fully saturated rings. The molecule has 0 saturated heterocycles. The first-order valence-electron chi connectivity index (χ1n) is 3.33. The van der Waals surface area contributed by atoms with E-state index >= 15 is 0 Å². The highest BCUT2D eigenvalue weighted by molar-refractivity contribution is 9.10. The number of rotatable bonds is 3. The van der Waals surface area contributed by atoms with E-state index in [1.807, 2.05) is 13.0 Å². The number of thiophene rings is 1. The van der Waals surface area contributed by atoms with Crippen molar-refractivity contribution in [1.29, 1.82) is 0 Å². The van der Waals surface area contributed by atoms with Crippen molar-refractivity contribution < 1.29 is 4.74 Å². The Morgan fingerprint density at radius 3 is 2.91 bits per heavy atom. The number of aryl methyl sites for hydroxylation is 1. The molecular formula is C7H10BrNOS. The Labute approximate surface area is 78.5 Å². The fourth-order valence-electron chi connectivity index (χ4n) is 0.712. The number of hydrogen-bond donors (Lipinski definition) is 1. The molecule has 2 nitrogen and oxygen atoms in total. The van der Waals surface area contributed by atoms with Gasteiger partial charge in [0.1, 0.15) is 6.61 Å². The monoisotopic (exact) mass is 235 g/mol. The lowest BCUT2D eigenvalue weighted by molar-refractivity contribution is 0.336. The zero-order valence-corrected chi connectivity index (χ0v) is 8.67. The van der Waals surface area contributed by atoms with Crippen LogP contribution in [0.1, 0.15) is 4.88 Å². The Hall–Kier alpha value is -0.0600. The van der Waals surface area contributed by atoms with Gasteiger partial charge in [0.15, 0.2) is 5.06 Å². The second kappa shape index (κ2) is 4.09. The lowest BCUT2D eigenvalue weighted by Gasteiger charge is -1.99. The number of nitrogens with two attached hydrogens (primary N) is 1. The minimum atomic E-state index is 0.559. The van der Waals surface area contributed by atoms with Crippen LogP contribution >= 0.6 is 27.3 Å². The zero-order valence-electron chi connectivity index (χ0n) is 6.26. The van der Waals surface area contributed by atoms with Crippen LogP contribution in [0, 0.1) is 6.92 Å². The molecule has 0 aliphatic heterocycles. The summed E-state index contributed by atoms with van der Waals surface area (Å²) >= 11 is 5.02. The van der Waals surface area contributed by atoms with Gasteiger partial charge in [-0.05, 0) is 28.9 Å². The Balaban J connectivity index is 2.62. The van der Waals surface area contributed by atoms with E-state index in [1.54, 1.807) is 11.3 Å². The van der Waals surface area contributed by atoms with Crippen LogP contribution in [0.4, 0.5) is 0 Å². The van der Waals surface area contributed by atoms with E-state index in [-0.39, 0.29) is 0 Å². The zero-order chi connectivity index (χ0) is 8.27. The van der Waals surface area contributed by atoms with Crippen molar-refractivity contribution in [3.8, 4) is 5.06 Å². The van der Waals surface area contributed by atoms with Crippen molar-refractivity contribution in [2.24, 2.45) is 5.73 Å². The maximum atomic E-state index is 5.35. The van der Waals surface area contributed by atoms with Gasteiger partial charge in [-0.3, -0.25) is 0 Å². The molecule has 4 heteroatoms. The van der Waals surface area contributed by atoms with Crippen molar-refractivity contribution in [1.82, 2.24) is 0 Å². The van der Waals surface area contributed by atoms with Gasteiger partial charge in [-0.1, -0.05) is 0 Å². The summed E-state index contributed by atoms with van der Waals surface area (Å²) in [5, 5.41) is 0.924. The van der Waals surface area contributed by atoms with E-state index < -0.39 is 0 Å². The van der Waals surface area contributed by atoms with Gasteiger partial charge < -0.3 is 10.5 Å². The maximum Gasteiger partial charge on any atom is 0.188 e. The molecule has 0 atom stereocenters. The van der Waals surface area contributed by atoms with E-state index in [0.29, 0.717) is 13.2 Å². The fraction of sp³-hybridized carbons (Fsp3) is 0.429. The first-order valence-corrected chi connectivity index (χ1v) is 4.94. The van der Waals surface area contributed by atoms with Gasteiger partial charge in [0.25, 0.3) is 0 Å². The highest BCUT2D eigenvalue weighted by Crippen LogP contribution is 2.34. The summed E-state index contributed by atoms with van der Waals surface area (Å²) < 4.78 is 6.38. The Morgan fingerprint density at radius 2 is 2.45 bits per heavy atom. The third-order valence-electron chi connectivity index (χ3n) is 1.13. The molecule has 0 saturated carbocycles. The van der Waals surface area contributed by atoms with E-state index in [4.69, 9.17) is 10.5 Å². The van der Waals surface area contributed by atoms with Crippen LogP contribution in [-0.4, -0.2) is 13.2 Å². The fourth-order valence-corrected chi connectivity index (χ4v) is 2.33. The molecule has 0 aliphatic carbocycles. The summed E-state index contributed by atoms with van der Waals surface area (Å²) in [7, 11) is 0. The highest BCUT2D eigenvalue weighted by atomic mass is 79.9. The van der Waals surface area contributed by atoms with Crippen LogP contribution in [0.3, 0.4) is 0 Å². The van der Waals surface area contributed by atoms with Crippen molar-refractivity contribution in [3.63, 3.8) is 0 Å². The van der Waals surface area contributed by atoms with Gasteiger partial charge in [0.05, 0.1) is 4.47 Å². The number of hydrogen-bond acceptors (Lipinski definition) is 3. The molecule has 0 unspecified atom stereocenters. The summed E-state index contributed by atoms with van der Waals surface area (Å²) in [4.78, 5) is 1.24. The average molecular weight is 236 g/mol. The molecule has 11 heavy (non-hydrogen) atoms. The second-order valence-corrected chi connectivity index (χ2v) is 4.20. The maximum absolute atomic E-state index is 5.35. The summed E-state index contributed by atoms with van der Waals surface area (Å²) in [6.07, 6.45) is 0. The first kappa shape index (κ1) is 9.03. The second-order valence-electron chi connectivity index (χ2n) is 2.13. The third kappa shape index (κ3) is 2.47. The predicted molar refractivity (Wildman–Crippen MR) is 51.3 cm³/mol. The molecule has 0 spiro atoms. The van der Waals surface area contributed by atoms with Crippen molar-refractivity contribution in [2.75, 3.05) is 13.2 Å². The molecule has 0 aliphatic rings. The molecule has 1 heterocycles. The molecular weight excluding hydrogens is 226 g/mol. The molecule has 0 bridgehead atoms. The summed E-state index contributed by atoms with van der Waals surface area (Å²) in [5.74, 6) is 0. The SMILES string of the molecule is Cc1cc(Br)c(OCCN)s1. The molecule has 0 aromatic carbocycles. The van der Waals surface area contributed by atoms with Gasteiger partial charge in [-0.25, -0.2) is 0 Å². The summed E-state index contributed by atoms with van der Waals surface area (Å²) in [6, 6.07) is 2.04. The molecule has 1 aromatic heterocycles. The van der Waals surface area contributed by atoms with Crippen LogP contribution < -0.4 is 10.5 Å². The van der Waals surface area contributed by atoms with Crippen molar-refractivity contribution in [3.05, 3.63) is 15.4 Å². The largest absolute Gasteiger partial charge is 0.482 e. The normalized spacial score (nSPS) is 10.1. The lowest BCUT2D eigenvalue weighted by Crippen LogP contribution is -2.09. The molecule has 0 amide bonds. The van der Waals surface area contributed by atoms with Gasteiger partial charge in [0, 0.05) is 11.4 Å². The molecule has 62 valence electrons. The number of ether oxygens (including phenoxy) is 1. The van der Waals surface area contributed by atoms with Crippen molar-refractivity contribution in [2.45, 2.75) is 6.92 Å². The van der Waals surface area contributed by atoms with Gasteiger partial charge in [-0.15, -0.1) is 11.3 Å². The van der Waals surface area contributed by atoms with E-state index in [0.717, 1.165) is 9.54 Å². The Kier molecular flexibility index (Phi) is 3.36. The quantitative estimate of drug-likeness (QED) is 0.872. The topological polar surface area (TPSA) is 35.2 Å². The lowest BCUT2D eigenvalue weighted by atomic mass is 10.5. The average Bonchev–Trinajstić information content (AvgIpc) is 2.26. The Bertz CT molecular complexity index is 236. The van der Waals surface area contributed by atoms with Gasteiger partial charge in [0.2, 0.25) is 0 Å². The molecule has 1 rings (SSSR count). The highest BCUT2D eigenvalue weighted by Gasteiger charge is 2.03. The van der Waals surface area contributed by atoms with Gasteiger partial charge in [-0.2, -0.15) is 0 Å². The Morgan fingerprint density at radius 1 is 1.73 bits per heavy atom. The molecule has 1 aromatic rings. The van der Waals surface area contributed by atoms with E-state index in [1.165, 1.54) is 4.88 Å². The first-order chi connectivity index (χ1) is 5.24. The predicted octanol–water partition coefficient (Wildman–Crippen LogP) is 2.16. The van der Waals surface area contributed by atoms with Crippen LogP contribution in [-0.2, 0) is 0 Å². The molecule has 2 N–H and O–H groups in total. The third-order valence-corrected chi connectivity index (χ3v) is 2.94. The number of halogens is 1. The summed E-state index contributed by atoms with van der Waals surface area (Å²) in [5.41, 5.74) is 5.30. The van der Waals surface area contributed by atoms with Crippen LogP contribution in [0.25, 0.3) is 0 Å². The molecule has 0 radical (unpaired) electrons. The van der Waals surface area contributed by atoms with E-state index in [9.17, 15) is 0 Å². The smallest absolute Gasteiger partial charge is 0.188 e. The standard InChI is InChI=1S/C7H10BrNOS/c1-5-4-6(8)7(11-5)10-3-2-9/h4H,2-3,9H2,1H3.